The van der Waals surface area contributed by atoms with Crippen LogP contribution < -0.4 is 22.1 Å². The van der Waals surface area contributed by atoms with Gasteiger partial charge in [0.25, 0.3) is 0 Å². The molecule has 9 heteroatoms. The molecule has 1 heterocycles. The van der Waals surface area contributed by atoms with Crippen molar-refractivity contribution in [3.8, 4) is 0 Å². The second-order valence-corrected chi connectivity index (χ2v) is 6.65. The summed E-state index contributed by atoms with van der Waals surface area (Å²) < 4.78 is 0. The zero-order chi connectivity index (χ0) is 20.5. The molecule has 0 spiro atoms. The molecular weight excluding hydrogens is 360 g/mol. The summed E-state index contributed by atoms with van der Waals surface area (Å²) in [5.74, 6) is -0.552. The van der Waals surface area contributed by atoms with Crippen molar-refractivity contribution < 1.29 is 14.4 Å². The minimum Gasteiger partial charge on any atom is -0.370 e. The number of hydrogen-bond donors (Lipinski definition) is 3. The first-order chi connectivity index (χ1) is 13.5. The van der Waals surface area contributed by atoms with Crippen LogP contribution in [0.2, 0.25) is 0 Å². The highest BCUT2D eigenvalue weighted by atomic mass is 16.2. The molecule has 0 aromatic heterocycles. The van der Waals surface area contributed by atoms with Gasteiger partial charge in [-0.25, -0.2) is 0 Å². The highest BCUT2D eigenvalue weighted by Crippen LogP contribution is 2.25. The predicted molar refractivity (Wildman–Crippen MR) is 107 cm³/mol. The molecule has 28 heavy (non-hydrogen) atoms. The van der Waals surface area contributed by atoms with Gasteiger partial charge in [0.05, 0.1) is 12.6 Å². The Labute approximate surface area is 164 Å². The van der Waals surface area contributed by atoms with Gasteiger partial charge in [-0.15, -0.1) is 0 Å². The Morgan fingerprint density at radius 3 is 2.61 bits per heavy atom. The molecule has 0 unspecified atom stereocenters. The summed E-state index contributed by atoms with van der Waals surface area (Å²) in [6.07, 6.45) is 2.96. The highest BCUT2D eigenvalue weighted by Gasteiger charge is 2.38. The van der Waals surface area contributed by atoms with Crippen molar-refractivity contribution in [1.82, 2.24) is 4.90 Å². The lowest BCUT2D eigenvalue weighted by atomic mass is 10.1. The van der Waals surface area contributed by atoms with Gasteiger partial charge in [-0.05, 0) is 37.8 Å². The fourth-order valence-electron chi connectivity index (χ4n) is 3.44. The number of hydrogen-bond acceptors (Lipinski definition) is 5. The van der Waals surface area contributed by atoms with Crippen molar-refractivity contribution >= 4 is 29.7 Å². The van der Waals surface area contributed by atoms with E-state index >= 15 is 0 Å². The van der Waals surface area contributed by atoms with Crippen LogP contribution in [0.3, 0.4) is 0 Å². The van der Waals surface area contributed by atoms with E-state index in [1.807, 2.05) is 6.07 Å². The van der Waals surface area contributed by atoms with Gasteiger partial charge >= 0.3 is 0 Å². The molecule has 0 radical (unpaired) electrons. The maximum atomic E-state index is 13.4. The van der Waals surface area contributed by atoms with Gasteiger partial charge in [-0.2, -0.15) is 0 Å². The maximum Gasteiger partial charge on any atom is 0.250 e. The predicted octanol–water partition coefficient (Wildman–Crippen LogP) is -0.410. The minimum atomic E-state index is -0.681. The maximum absolute atomic E-state index is 13.4. The lowest BCUT2D eigenvalue weighted by Crippen LogP contribution is -2.53. The summed E-state index contributed by atoms with van der Waals surface area (Å²) in [7, 11) is 0. The van der Waals surface area contributed by atoms with Gasteiger partial charge in [-0.1, -0.05) is 18.2 Å². The smallest absolute Gasteiger partial charge is 0.250 e. The third-order valence-electron chi connectivity index (χ3n) is 4.75. The lowest BCUT2D eigenvalue weighted by molar-refractivity contribution is -0.136. The van der Waals surface area contributed by atoms with Crippen molar-refractivity contribution in [1.29, 1.82) is 0 Å². The van der Waals surface area contributed by atoms with Crippen molar-refractivity contribution in [2.75, 3.05) is 24.5 Å². The van der Waals surface area contributed by atoms with E-state index in [1.54, 1.807) is 24.3 Å². The molecule has 152 valence electrons. The van der Waals surface area contributed by atoms with Crippen LogP contribution in [0, 0.1) is 0 Å². The van der Waals surface area contributed by atoms with E-state index in [9.17, 15) is 14.4 Å². The zero-order valence-electron chi connectivity index (χ0n) is 15.9. The number of nitrogens with two attached hydrogens (primary N) is 3. The summed E-state index contributed by atoms with van der Waals surface area (Å²) >= 11 is 0. The number of rotatable bonds is 9. The normalized spacial score (nSPS) is 17.0. The summed E-state index contributed by atoms with van der Waals surface area (Å²) in [4.78, 5) is 44.3. The Hall–Kier alpha value is -2.94. The van der Waals surface area contributed by atoms with Crippen LogP contribution in [-0.4, -0.2) is 60.7 Å². The zero-order valence-corrected chi connectivity index (χ0v) is 15.9. The quantitative estimate of drug-likeness (QED) is 0.227. The molecule has 6 N–H and O–H groups in total. The molecule has 1 fully saturated rings. The molecule has 1 aliphatic rings. The number of aldehydes is 1. The van der Waals surface area contributed by atoms with Crippen LogP contribution in [0.1, 0.15) is 25.7 Å². The number of benzene rings is 1. The second kappa shape index (κ2) is 10.4. The Bertz CT molecular complexity index is 705. The van der Waals surface area contributed by atoms with Gasteiger partial charge in [0.2, 0.25) is 11.8 Å². The fourth-order valence-corrected chi connectivity index (χ4v) is 3.44. The molecule has 0 bridgehead atoms. The van der Waals surface area contributed by atoms with E-state index in [-0.39, 0.29) is 24.3 Å². The van der Waals surface area contributed by atoms with Crippen LogP contribution in [0.15, 0.2) is 35.3 Å². The van der Waals surface area contributed by atoms with Gasteiger partial charge in [0.15, 0.2) is 5.96 Å². The first-order valence-corrected chi connectivity index (χ1v) is 9.38. The first-order valence-electron chi connectivity index (χ1n) is 9.38. The van der Waals surface area contributed by atoms with Crippen molar-refractivity contribution in [3.05, 3.63) is 30.3 Å². The molecule has 0 aliphatic carbocycles. The van der Waals surface area contributed by atoms with E-state index in [4.69, 9.17) is 17.2 Å². The van der Waals surface area contributed by atoms with E-state index in [0.717, 1.165) is 12.7 Å². The standard InChI is InChI=1S/C19H28N6O3/c20-12-17(27)24-11-5-9-16(24)18(28)25(14-6-2-1-3-7-14)15(13-26)8-4-10-23-19(21)22/h1-3,6-7,13,15-16H,4-5,8-12,20H2,(H4,21,22,23)/t15-,16-/m0/s1. The van der Waals surface area contributed by atoms with Crippen molar-refractivity contribution in [2.24, 2.45) is 22.2 Å². The number of anilines is 1. The van der Waals surface area contributed by atoms with E-state index < -0.39 is 12.1 Å². The number of nitrogens with zero attached hydrogens (tertiary/aromatic N) is 3. The molecular formula is C19H28N6O3. The SMILES string of the molecule is NCC(=O)N1CCC[C@H]1C(=O)N(c1ccccc1)[C@H](C=O)CCCN=C(N)N. The molecule has 1 aromatic rings. The van der Waals surface area contributed by atoms with Gasteiger partial charge in [-0.3, -0.25) is 14.6 Å². The number of para-hydroxylation sites is 1. The summed E-state index contributed by atoms with van der Waals surface area (Å²) in [6, 6.07) is 7.68. The average Bonchev–Trinajstić information content (AvgIpc) is 3.19. The Morgan fingerprint density at radius 2 is 2.00 bits per heavy atom. The second-order valence-electron chi connectivity index (χ2n) is 6.65. The monoisotopic (exact) mass is 388 g/mol. The Morgan fingerprint density at radius 1 is 1.29 bits per heavy atom. The number of guanidine groups is 1. The summed E-state index contributed by atoms with van der Waals surface area (Å²) in [5, 5.41) is 0. The molecule has 0 saturated carbocycles. The topological polar surface area (TPSA) is 148 Å². The van der Waals surface area contributed by atoms with Gasteiger partial charge in [0, 0.05) is 18.8 Å². The average molecular weight is 388 g/mol. The minimum absolute atomic E-state index is 0.0134. The molecule has 1 aromatic carbocycles. The third kappa shape index (κ3) is 5.29. The molecule has 2 rings (SSSR count). The van der Waals surface area contributed by atoms with Crippen LogP contribution in [0.5, 0.6) is 0 Å². The molecule has 9 nitrogen and oxygen atoms in total. The van der Waals surface area contributed by atoms with E-state index in [2.05, 4.69) is 4.99 Å². The van der Waals surface area contributed by atoms with E-state index in [1.165, 1.54) is 9.80 Å². The van der Waals surface area contributed by atoms with Crippen LogP contribution in [0.4, 0.5) is 5.69 Å². The fraction of sp³-hybridized carbons (Fsp3) is 0.474. The summed E-state index contributed by atoms with van der Waals surface area (Å²) in [6.45, 7) is 0.709. The largest absolute Gasteiger partial charge is 0.370 e. The number of carbonyl (C=O) groups excluding carboxylic acids is 3. The molecule has 1 saturated heterocycles. The Balaban J connectivity index is 2.25. The molecule has 1 aliphatic heterocycles. The number of carbonyl (C=O) groups is 3. The molecule has 2 atom stereocenters. The van der Waals surface area contributed by atoms with Crippen molar-refractivity contribution in [3.63, 3.8) is 0 Å². The first kappa shape index (κ1) is 21.4. The lowest BCUT2D eigenvalue weighted by Gasteiger charge is -2.33. The van der Waals surface area contributed by atoms with Gasteiger partial charge < -0.3 is 31.8 Å². The number of likely N-dealkylation sites (tertiary alicyclic amines) is 1. The van der Waals surface area contributed by atoms with Gasteiger partial charge in [0.1, 0.15) is 12.3 Å². The van der Waals surface area contributed by atoms with E-state index in [0.29, 0.717) is 38.0 Å². The van der Waals surface area contributed by atoms with Crippen LogP contribution >= 0.6 is 0 Å². The summed E-state index contributed by atoms with van der Waals surface area (Å²) in [5.41, 5.74) is 16.8. The van der Waals surface area contributed by atoms with Crippen LogP contribution in [0.25, 0.3) is 0 Å². The third-order valence-corrected chi connectivity index (χ3v) is 4.75. The number of aliphatic imine (C=N–C) groups is 1. The molecule has 2 amide bonds. The highest BCUT2D eigenvalue weighted by molar-refractivity contribution is 6.02. The Kier molecular flexibility index (Phi) is 7.94. The van der Waals surface area contributed by atoms with Crippen LogP contribution in [-0.2, 0) is 14.4 Å². The number of amides is 2. The van der Waals surface area contributed by atoms with Crippen molar-refractivity contribution in [2.45, 2.75) is 37.8 Å².